The number of aromatic carboxylic acids is 1. The van der Waals surface area contributed by atoms with Crippen LogP contribution >= 0.6 is 0 Å². The smallest absolute Gasteiger partial charge is 0.354 e. The first-order chi connectivity index (χ1) is 8.54. The molecule has 0 aliphatic carbocycles. The van der Waals surface area contributed by atoms with Gasteiger partial charge < -0.3 is 9.53 Å². The molecule has 0 aromatic carbocycles. The standard InChI is InChI=1S/C13H24N2O3Si/c1-10-9-11(12(16)17)15(14-10)7-8-18-19(5,6)13(2,3)4/h9H,7-8H2,1-6H3,(H,16,17). The van der Waals surface area contributed by atoms with Crippen LogP contribution in [-0.2, 0) is 11.0 Å². The summed E-state index contributed by atoms with van der Waals surface area (Å²) in [6.45, 7) is 13.7. The maximum atomic E-state index is 11.1. The molecule has 108 valence electrons. The third-order valence-corrected chi connectivity index (χ3v) is 8.23. The van der Waals surface area contributed by atoms with Crippen LogP contribution in [0.25, 0.3) is 0 Å². The SMILES string of the molecule is Cc1cc(C(=O)O)n(CCO[Si](C)(C)C(C)(C)C)n1. The zero-order chi connectivity index (χ0) is 14.8. The van der Waals surface area contributed by atoms with Gasteiger partial charge in [-0.3, -0.25) is 4.68 Å². The van der Waals surface area contributed by atoms with Gasteiger partial charge in [-0.15, -0.1) is 0 Å². The summed E-state index contributed by atoms with van der Waals surface area (Å²) >= 11 is 0. The van der Waals surface area contributed by atoms with Gasteiger partial charge in [-0.05, 0) is 31.1 Å². The van der Waals surface area contributed by atoms with Gasteiger partial charge in [0.2, 0.25) is 0 Å². The maximum absolute atomic E-state index is 11.1. The summed E-state index contributed by atoms with van der Waals surface area (Å²) in [6.07, 6.45) is 0. The van der Waals surface area contributed by atoms with E-state index in [2.05, 4.69) is 39.0 Å². The van der Waals surface area contributed by atoms with E-state index in [1.165, 1.54) is 4.68 Å². The second kappa shape index (κ2) is 5.46. The van der Waals surface area contributed by atoms with Crippen LogP contribution in [0.3, 0.4) is 0 Å². The number of carboxylic acid groups (broad SMARTS) is 1. The van der Waals surface area contributed by atoms with Crippen molar-refractivity contribution in [3.8, 4) is 0 Å². The first-order valence-electron chi connectivity index (χ1n) is 6.46. The van der Waals surface area contributed by atoms with E-state index in [1.807, 2.05) is 0 Å². The van der Waals surface area contributed by atoms with Gasteiger partial charge in [-0.1, -0.05) is 20.8 Å². The molecule has 0 fully saturated rings. The molecule has 1 aromatic rings. The minimum absolute atomic E-state index is 0.155. The Kier molecular flexibility index (Phi) is 4.57. The number of rotatable bonds is 5. The molecule has 1 N–H and O–H groups in total. The molecule has 0 amide bonds. The van der Waals surface area contributed by atoms with Crippen molar-refractivity contribution >= 4 is 14.3 Å². The number of aromatic nitrogens is 2. The molecule has 1 rings (SSSR count). The van der Waals surface area contributed by atoms with Gasteiger partial charge in [-0.2, -0.15) is 5.10 Å². The summed E-state index contributed by atoms with van der Waals surface area (Å²) in [4.78, 5) is 11.1. The van der Waals surface area contributed by atoms with E-state index in [1.54, 1.807) is 13.0 Å². The Labute approximate surface area is 115 Å². The zero-order valence-corrected chi connectivity index (χ0v) is 13.6. The van der Waals surface area contributed by atoms with Gasteiger partial charge in [0.15, 0.2) is 8.32 Å². The van der Waals surface area contributed by atoms with Gasteiger partial charge in [0, 0.05) is 0 Å². The van der Waals surface area contributed by atoms with Crippen LogP contribution in [-0.4, -0.2) is 35.8 Å². The second-order valence-corrected chi connectivity index (χ2v) is 11.1. The van der Waals surface area contributed by atoms with E-state index < -0.39 is 14.3 Å². The van der Waals surface area contributed by atoms with Crippen LogP contribution in [0.15, 0.2) is 6.07 Å². The van der Waals surface area contributed by atoms with Crippen molar-refractivity contribution in [3.05, 3.63) is 17.5 Å². The van der Waals surface area contributed by atoms with E-state index in [0.717, 1.165) is 0 Å². The topological polar surface area (TPSA) is 64.3 Å². The summed E-state index contributed by atoms with van der Waals surface area (Å²) in [5.41, 5.74) is 0.932. The van der Waals surface area contributed by atoms with Crippen LogP contribution in [0.1, 0.15) is 37.0 Å². The molecule has 0 aliphatic heterocycles. The van der Waals surface area contributed by atoms with Crippen molar-refractivity contribution in [1.82, 2.24) is 9.78 Å². The summed E-state index contributed by atoms with van der Waals surface area (Å²) in [5, 5.41) is 13.4. The molecule has 0 saturated carbocycles. The van der Waals surface area contributed by atoms with E-state index in [4.69, 9.17) is 9.53 Å². The summed E-state index contributed by atoms with van der Waals surface area (Å²) in [6, 6.07) is 1.58. The van der Waals surface area contributed by atoms with E-state index in [9.17, 15) is 4.79 Å². The molecule has 0 atom stereocenters. The summed E-state index contributed by atoms with van der Waals surface area (Å²) in [7, 11) is -1.79. The van der Waals surface area contributed by atoms with Crippen molar-refractivity contribution < 1.29 is 14.3 Å². The molecule has 1 heterocycles. The minimum Gasteiger partial charge on any atom is -0.477 e. The fourth-order valence-electron chi connectivity index (χ4n) is 1.49. The average molecular weight is 284 g/mol. The van der Waals surface area contributed by atoms with E-state index in [-0.39, 0.29) is 10.7 Å². The monoisotopic (exact) mass is 284 g/mol. The van der Waals surface area contributed by atoms with Gasteiger partial charge in [0.1, 0.15) is 5.69 Å². The highest BCUT2D eigenvalue weighted by molar-refractivity contribution is 6.74. The molecular weight excluding hydrogens is 260 g/mol. The van der Waals surface area contributed by atoms with Crippen molar-refractivity contribution in [3.63, 3.8) is 0 Å². The quantitative estimate of drug-likeness (QED) is 0.844. The number of carboxylic acids is 1. The minimum atomic E-state index is -1.79. The molecule has 0 unspecified atom stereocenters. The number of carbonyl (C=O) groups is 1. The Morgan fingerprint density at radius 3 is 2.53 bits per heavy atom. The molecule has 19 heavy (non-hydrogen) atoms. The van der Waals surface area contributed by atoms with Crippen molar-refractivity contribution in [2.24, 2.45) is 0 Å². The lowest BCUT2D eigenvalue weighted by Crippen LogP contribution is -2.41. The van der Waals surface area contributed by atoms with E-state index >= 15 is 0 Å². The fraction of sp³-hybridized carbons (Fsp3) is 0.692. The van der Waals surface area contributed by atoms with Crippen molar-refractivity contribution in [2.75, 3.05) is 6.61 Å². The summed E-state index contributed by atoms with van der Waals surface area (Å²) < 4.78 is 7.53. The highest BCUT2D eigenvalue weighted by Crippen LogP contribution is 2.36. The molecule has 6 heteroatoms. The van der Waals surface area contributed by atoms with Gasteiger partial charge >= 0.3 is 5.97 Å². The zero-order valence-electron chi connectivity index (χ0n) is 12.6. The third kappa shape index (κ3) is 3.91. The van der Waals surface area contributed by atoms with Gasteiger partial charge in [-0.25, -0.2) is 4.79 Å². The highest BCUT2D eigenvalue weighted by atomic mass is 28.4. The molecule has 0 radical (unpaired) electrons. The number of aryl methyl sites for hydroxylation is 1. The molecular formula is C13H24N2O3Si. The predicted molar refractivity (Wildman–Crippen MR) is 77.1 cm³/mol. The van der Waals surface area contributed by atoms with Gasteiger partial charge in [0.05, 0.1) is 18.8 Å². The Hall–Kier alpha value is -1.14. The molecule has 0 aliphatic rings. The van der Waals surface area contributed by atoms with Crippen LogP contribution in [0.4, 0.5) is 0 Å². The van der Waals surface area contributed by atoms with Crippen LogP contribution in [0.5, 0.6) is 0 Å². The Morgan fingerprint density at radius 2 is 2.05 bits per heavy atom. The number of nitrogens with zero attached hydrogens (tertiary/aromatic N) is 2. The van der Waals surface area contributed by atoms with Crippen molar-refractivity contribution in [1.29, 1.82) is 0 Å². The van der Waals surface area contributed by atoms with E-state index in [0.29, 0.717) is 18.8 Å². The van der Waals surface area contributed by atoms with Crippen LogP contribution in [0, 0.1) is 6.92 Å². The lowest BCUT2D eigenvalue weighted by Gasteiger charge is -2.36. The first kappa shape index (κ1) is 15.9. The fourth-order valence-corrected chi connectivity index (χ4v) is 2.53. The van der Waals surface area contributed by atoms with Crippen LogP contribution < -0.4 is 0 Å². The molecule has 0 spiro atoms. The average Bonchev–Trinajstić information content (AvgIpc) is 2.57. The van der Waals surface area contributed by atoms with Crippen LogP contribution in [0.2, 0.25) is 18.1 Å². The first-order valence-corrected chi connectivity index (χ1v) is 9.37. The Morgan fingerprint density at radius 1 is 1.47 bits per heavy atom. The maximum Gasteiger partial charge on any atom is 0.354 e. The lowest BCUT2D eigenvalue weighted by molar-refractivity contribution is 0.0682. The second-order valence-electron chi connectivity index (χ2n) is 6.31. The van der Waals surface area contributed by atoms with Crippen molar-refractivity contribution in [2.45, 2.75) is 52.4 Å². The molecule has 0 bridgehead atoms. The number of hydrogen-bond donors (Lipinski definition) is 1. The normalized spacial score (nSPS) is 12.7. The predicted octanol–water partition coefficient (Wildman–Crippen LogP) is 2.91. The Balaban J connectivity index is 2.66. The number of hydrogen-bond acceptors (Lipinski definition) is 3. The Bertz CT molecular complexity index is 461. The summed E-state index contributed by atoms with van der Waals surface area (Å²) in [5.74, 6) is -0.951. The lowest BCUT2D eigenvalue weighted by atomic mass is 10.2. The largest absolute Gasteiger partial charge is 0.477 e. The molecule has 0 saturated heterocycles. The highest BCUT2D eigenvalue weighted by Gasteiger charge is 2.36. The van der Waals surface area contributed by atoms with Gasteiger partial charge in [0.25, 0.3) is 0 Å². The third-order valence-electron chi connectivity index (χ3n) is 3.69. The molecule has 5 nitrogen and oxygen atoms in total. The molecule has 1 aromatic heterocycles.